The Balaban J connectivity index is 1.87. The summed E-state index contributed by atoms with van der Waals surface area (Å²) in [7, 11) is 0. The summed E-state index contributed by atoms with van der Waals surface area (Å²) >= 11 is 15.3. The van der Waals surface area contributed by atoms with Gasteiger partial charge in [-0.05, 0) is 49.2 Å². The van der Waals surface area contributed by atoms with Gasteiger partial charge in [-0.25, -0.2) is 4.99 Å². The monoisotopic (exact) mass is 384 g/mol. The van der Waals surface area contributed by atoms with Crippen LogP contribution in [0.2, 0.25) is 10.0 Å². The molecule has 2 nitrogen and oxygen atoms in total. The predicted molar refractivity (Wildman–Crippen MR) is 107 cm³/mol. The Morgan fingerprint density at radius 3 is 2.65 bits per heavy atom. The Kier molecular flexibility index (Phi) is 7.15. The van der Waals surface area contributed by atoms with E-state index in [1.807, 2.05) is 32.0 Å². The molecule has 0 heterocycles. The zero-order valence-electron chi connectivity index (χ0n) is 13.0. The zero-order valence-corrected chi connectivity index (χ0v) is 16.1. The van der Waals surface area contributed by atoms with E-state index < -0.39 is 0 Å². The number of hydrogen-bond donors (Lipinski definition) is 1. The maximum Gasteiger partial charge on any atom is 0.159 e. The van der Waals surface area contributed by atoms with E-state index >= 15 is 0 Å². The molecule has 6 heteroatoms. The van der Waals surface area contributed by atoms with E-state index in [0.29, 0.717) is 10.2 Å². The second kappa shape index (κ2) is 8.88. The molecular weight excluding hydrogens is 367 g/mol. The first-order valence-corrected chi connectivity index (χ1v) is 9.80. The van der Waals surface area contributed by atoms with Crippen molar-refractivity contribution in [3.05, 3.63) is 57.6 Å². The molecule has 0 saturated heterocycles. The summed E-state index contributed by atoms with van der Waals surface area (Å²) in [4.78, 5) is 5.49. The van der Waals surface area contributed by atoms with Gasteiger partial charge in [0.15, 0.2) is 5.17 Å². The van der Waals surface area contributed by atoms with Crippen LogP contribution in [0.25, 0.3) is 0 Å². The number of aliphatic imine (C=N–C) groups is 1. The van der Waals surface area contributed by atoms with Crippen LogP contribution in [-0.2, 0) is 0 Å². The highest BCUT2D eigenvalue weighted by Crippen LogP contribution is 2.30. The molecule has 0 unspecified atom stereocenters. The summed E-state index contributed by atoms with van der Waals surface area (Å²) in [6, 6.07) is 11.7. The molecule has 23 heavy (non-hydrogen) atoms. The van der Waals surface area contributed by atoms with Gasteiger partial charge in [-0.1, -0.05) is 47.1 Å². The van der Waals surface area contributed by atoms with Crippen molar-refractivity contribution >= 4 is 57.6 Å². The van der Waals surface area contributed by atoms with Crippen molar-refractivity contribution in [2.45, 2.75) is 18.7 Å². The number of aryl methyl sites for hydroxylation is 2. The molecule has 0 bridgehead atoms. The fourth-order valence-electron chi connectivity index (χ4n) is 1.88. The Bertz CT molecular complexity index is 718. The molecule has 0 aromatic heterocycles. The van der Waals surface area contributed by atoms with Gasteiger partial charge in [0.1, 0.15) is 0 Å². The topological polar surface area (TPSA) is 38.4 Å². The van der Waals surface area contributed by atoms with E-state index in [4.69, 9.17) is 28.9 Å². The van der Waals surface area contributed by atoms with Crippen LogP contribution in [0.1, 0.15) is 11.1 Å². The molecule has 2 aromatic rings. The van der Waals surface area contributed by atoms with E-state index in [0.717, 1.165) is 32.7 Å². The third kappa shape index (κ3) is 5.96. The summed E-state index contributed by atoms with van der Waals surface area (Å²) < 4.78 is 0. The molecule has 2 rings (SSSR count). The van der Waals surface area contributed by atoms with Crippen LogP contribution in [0.3, 0.4) is 0 Å². The van der Waals surface area contributed by atoms with Crippen molar-refractivity contribution in [3.63, 3.8) is 0 Å². The largest absolute Gasteiger partial charge is 0.378 e. The summed E-state index contributed by atoms with van der Waals surface area (Å²) in [5, 5.41) is 2.00. The first kappa shape index (κ1) is 18.5. The smallest absolute Gasteiger partial charge is 0.159 e. The van der Waals surface area contributed by atoms with Gasteiger partial charge in [0.2, 0.25) is 0 Å². The normalized spacial score (nSPS) is 11.7. The minimum Gasteiger partial charge on any atom is -0.378 e. The highest BCUT2D eigenvalue weighted by Gasteiger charge is 2.04. The summed E-state index contributed by atoms with van der Waals surface area (Å²) in [5.74, 6) is 1.74. The molecule has 0 aliphatic rings. The maximum absolute atomic E-state index is 6.14. The van der Waals surface area contributed by atoms with Crippen LogP contribution in [0.4, 0.5) is 5.69 Å². The van der Waals surface area contributed by atoms with Crippen LogP contribution in [-0.4, -0.2) is 16.7 Å². The lowest BCUT2D eigenvalue weighted by Gasteiger charge is -2.06. The standard InChI is InChI=1S/C17H18Cl2N2S2/c1-11-3-4-12(2)15(9-11)21-17(20)23-8-7-22-16-10-13(18)5-6-14(16)19/h3-6,9-10H,7-8H2,1-2H3,(H2,20,21). The second-order valence-electron chi connectivity index (χ2n) is 5.01. The van der Waals surface area contributed by atoms with Gasteiger partial charge in [0.25, 0.3) is 0 Å². The lowest BCUT2D eigenvalue weighted by Crippen LogP contribution is -2.07. The summed E-state index contributed by atoms with van der Waals surface area (Å²) in [5.41, 5.74) is 9.25. The van der Waals surface area contributed by atoms with E-state index in [-0.39, 0.29) is 0 Å². The van der Waals surface area contributed by atoms with E-state index in [1.165, 1.54) is 5.56 Å². The minimum atomic E-state index is 0.580. The highest BCUT2D eigenvalue weighted by atomic mass is 35.5. The molecule has 0 radical (unpaired) electrons. The molecule has 0 atom stereocenters. The first-order chi connectivity index (χ1) is 11.0. The molecular formula is C17H18Cl2N2S2. The van der Waals surface area contributed by atoms with Crippen molar-refractivity contribution < 1.29 is 0 Å². The van der Waals surface area contributed by atoms with Gasteiger partial charge in [-0.3, -0.25) is 0 Å². The van der Waals surface area contributed by atoms with Crippen LogP contribution in [0, 0.1) is 13.8 Å². The van der Waals surface area contributed by atoms with Crippen LogP contribution in [0.5, 0.6) is 0 Å². The van der Waals surface area contributed by atoms with Crippen LogP contribution in [0.15, 0.2) is 46.3 Å². The van der Waals surface area contributed by atoms with Gasteiger partial charge in [-0.15, -0.1) is 11.8 Å². The number of benzene rings is 2. The van der Waals surface area contributed by atoms with Crippen molar-refractivity contribution in [1.82, 2.24) is 0 Å². The Morgan fingerprint density at radius 1 is 1.09 bits per heavy atom. The molecule has 0 fully saturated rings. The van der Waals surface area contributed by atoms with E-state index in [2.05, 4.69) is 17.1 Å². The summed E-state index contributed by atoms with van der Waals surface area (Å²) in [6.07, 6.45) is 0. The molecule has 0 amide bonds. The average Bonchev–Trinajstić information content (AvgIpc) is 2.50. The lowest BCUT2D eigenvalue weighted by atomic mass is 10.1. The fourth-order valence-corrected chi connectivity index (χ4v) is 4.07. The van der Waals surface area contributed by atoms with Crippen molar-refractivity contribution in [1.29, 1.82) is 0 Å². The number of rotatable bonds is 5. The molecule has 2 aromatic carbocycles. The van der Waals surface area contributed by atoms with E-state index in [1.54, 1.807) is 29.6 Å². The number of hydrogen-bond acceptors (Lipinski definition) is 3. The number of nitrogens with two attached hydrogens (primary N) is 1. The highest BCUT2D eigenvalue weighted by molar-refractivity contribution is 8.14. The van der Waals surface area contributed by atoms with Gasteiger partial charge < -0.3 is 5.73 Å². The van der Waals surface area contributed by atoms with Crippen molar-refractivity contribution in [2.75, 3.05) is 11.5 Å². The molecule has 0 aliphatic heterocycles. The average molecular weight is 385 g/mol. The Hall–Kier alpha value is -0.810. The van der Waals surface area contributed by atoms with Gasteiger partial charge in [-0.2, -0.15) is 0 Å². The predicted octanol–water partition coefficient (Wildman–Crippen LogP) is 6.08. The number of nitrogens with zero attached hydrogens (tertiary/aromatic N) is 1. The second-order valence-corrected chi connectivity index (χ2v) is 8.11. The molecule has 0 saturated carbocycles. The van der Waals surface area contributed by atoms with Crippen LogP contribution >= 0.6 is 46.7 Å². The van der Waals surface area contributed by atoms with Crippen molar-refractivity contribution in [2.24, 2.45) is 10.7 Å². The van der Waals surface area contributed by atoms with Gasteiger partial charge >= 0.3 is 0 Å². The maximum atomic E-state index is 6.14. The minimum absolute atomic E-state index is 0.580. The van der Waals surface area contributed by atoms with Crippen molar-refractivity contribution in [3.8, 4) is 0 Å². The fraction of sp³-hybridized carbons (Fsp3) is 0.235. The quantitative estimate of drug-likeness (QED) is 0.293. The number of thioether (sulfide) groups is 2. The number of amidine groups is 1. The molecule has 0 aliphatic carbocycles. The zero-order chi connectivity index (χ0) is 16.8. The molecule has 2 N–H and O–H groups in total. The van der Waals surface area contributed by atoms with Gasteiger partial charge in [0, 0.05) is 21.4 Å². The summed E-state index contributed by atoms with van der Waals surface area (Å²) in [6.45, 7) is 4.08. The Labute approximate surface area is 155 Å². The Morgan fingerprint density at radius 2 is 1.87 bits per heavy atom. The lowest BCUT2D eigenvalue weighted by molar-refractivity contribution is 1.35. The SMILES string of the molecule is Cc1ccc(C)c(N=C(N)SCCSc2cc(Cl)ccc2Cl)c1. The van der Waals surface area contributed by atoms with E-state index in [9.17, 15) is 0 Å². The molecule has 0 spiro atoms. The molecule has 122 valence electrons. The van der Waals surface area contributed by atoms with Gasteiger partial charge in [0.05, 0.1) is 10.7 Å². The van der Waals surface area contributed by atoms with Crippen LogP contribution < -0.4 is 5.73 Å². The first-order valence-electron chi connectivity index (χ1n) is 7.08. The number of halogens is 2. The third-order valence-electron chi connectivity index (χ3n) is 3.08. The third-order valence-corrected chi connectivity index (χ3v) is 5.87.